The van der Waals surface area contributed by atoms with Crippen molar-refractivity contribution < 1.29 is 14.3 Å². The van der Waals surface area contributed by atoms with Gasteiger partial charge in [0, 0.05) is 18.6 Å². The number of carbonyl (C=O) groups is 1. The third-order valence-corrected chi connectivity index (χ3v) is 6.83. The van der Waals surface area contributed by atoms with Crippen LogP contribution in [0.4, 0.5) is 4.39 Å². The van der Waals surface area contributed by atoms with Crippen molar-refractivity contribution in [2.75, 3.05) is 0 Å². The molecule has 184 valence electrons. The number of benzene rings is 4. The summed E-state index contributed by atoms with van der Waals surface area (Å²) >= 11 is 0. The van der Waals surface area contributed by atoms with E-state index in [1.54, 1.807) is 6.07 Å². The van der Waals surface area contributed by atoms with Crippen LogP contribution in [0.2, 0.25) is 0 Å². The average Bonchev–Trinajstić information content (AvgIpc) is 2.86. The van der Waals surface area contributed by atoms with Crippen LogP contribution in [-0.4, -0.2) is 16.0 Å². The number of aliphatic carboxylic acids is 1. The Bertz CT molecular complexity index is 1300. The molecule has 0 spiro atoms. The molecule has 4 heteroatoms. The number of aryl methyl sites for hydroxylation is 2. The van der Waals surface area contributed by atoms with Crippen LogP contribution < -0.4 is 0 Å². The average molecular weight is 482 g/mol. The summed E-state index contributed by atoms with van der Waals surface area (Å²) in [6.07, 6.45) is -0.139. The van der Waals surface area contributed by atoms with Crippen molar-refractivity contribution >= 4 is 5.97 Å². The molecule has 1 N–H and O–H groups in total. The first-order valence-electron chi connectivity index (χ1n) is 12.3. The van der Waals surface area contributed by atoms with Gasteiger partial charge in [0.2, 0.25) is 0 Å². The monoisotopic (exact) mass is 481 g/mol. The van der Waals surface area contributed by atoms with E-state index in [0.717, 1.165) is 33.4 Å². The maximum atomic E-state index is 15.1. The lowest BCUT2D eigenvalue weighted by molar-refractivity contribution is -0.138. The highest BCUT2D eigenvalue weighted by atomic mass is 19.1. The summed E-state index contributed by atoms with van der Waals surface area (Å²) in [5.41, 5.74) is 6.67. The van der Waals surface area contributed by atoms with E-state index < -0.39 is 12.0 Å². The van der Waals surface area contributed by atoms with Crippen LogP contribution in [0.15, 0.2) is 97.1 Å². The van der Waals surface area contributed by atoms with E-state index in [1.165, 1.54) is 6.07 Å². The number of carboxylic acids is 1. The molecule has 1 unspecified atom stereocenters. The zero-order chi connectivity index (χ0) is 25.7. The normalized spacial score (nSPS) is 12.9. The summed E-state index contributed by atoms with van der Waals surface area (Å²) in [5, 5.41) is 9.94. The van der Waals surface area contributed by atoms with Gasteiger partial charge >= 0.3 is 5.97 Å². The lowest BCUT2D eigenvalue weighted by Gasteiger charge is -2.37. The van der Waals surface area contributed by atoms with Crippen LogP contribution in [0, 0.1) is 19.7 Å². The van der Waals surface area contributed by atoms with Crippen LogP contribution in [-0.2, 0) is 11.3 Å². The Morgan fingerprint density at radius 1 is 0.833 bits per heavy atom. The molecule has 3 nitrogen and oxygen atoms in total. The highest BCUT2D eigenvalue weighted by Gasteiger charge is 2.29. The van der Waals surface area contributed by atoms with E-state index in [1.807, 2.05) is 98.8 Å². The molecule has 0 saturated heterocycles. The van der Waals surface area contributed by atoms with Gasteiger partial charge in [-0.3, -0.25) is 9.69 Å². The fourth-order valence-electron chi connectivity index (χ4n) is 5.05. The number of nitrogens with zero attached hydrogens (tertiary/aromatic N) is 1. The summed E-state index contributed by atoms with van der Waals surface area (Å²) in [4.78, 5) is 14.3. The largest absolute Gasteiger partial charge is 0.481 e. The molecular formula is C32H32FNO2. The van der Waals surface area contributed by atoms with Gasteiger partial charge in [0.05, 0.1) is 6.42 Å². The summed E-state index contributed by atoms with van der Waals surface area (Å²) < 4.78 is 15.1. The molecule has 0 aliphatic carbocycles. The summed E-state index contributed by atoms with van der Waals surface area (Å²) in [5.74, 6) is -1.29. The van der Waals surface area contributed by atoms with Crippen molar-refractivity contribution in [3.05, 3.63) is 131 Å². The van der Waals surface area contributed by atoms with E-state index in [2.05, 4.69) is 11.8 Å². The zero-order valence-corrected chi connectivity index (χ0v) is 21.0. The molecule has 4 aromatic rings. The maximum Gasteiger partial charge on any atom is 0.305 e. The van der Waals surface area contributed by atoms with Gasteiger partial charge in [0.15, 0.2) is 0 Å². The molecular weight excluding hydrogens is 449 g/mol. The van der Waals surface area contributed by atoms with Crippen LogP contribution in [0.1, 0.15) is 53.2 Å². The van der Waals surface area contributed by atoms with E-state index in [4.69, 9.17) is 0 Å². The molecule has 0 bridgehead atoms. The highest BCUT2D eigenvalue weighted by Crippen LogP contribution is 2.37. The molecule has 4 rings (SSSR count). The second kappa shape index (κ2) is 11.3. The number of rotatable bonds is 9. The van der Waals surface area contributed by atoms with E-state index in [0.29, 0.717) is 12.1 Å². The molecule has 0 saturated carbocycles. The van der Waals surface area contributed by atoms with Crippen LogP contribution in [0.25, 0.3) is 11.1 Å². The third kappa shape index (κ3) is 5.89. The van der Waals surface area contributed by atoms with Gasteiger partial charge in [-0.15, -0.1) is 0 Å². The van der Waals surface area contributed by atoms with Crippen molar-refractivity contribution in [3.63, 3.8) is 0 Å². The minimum atomic E-state index is -0.920. The van der Waals surface area contributed by atoms with Gasteiger partial charge < -0.3 is 5.11 Å². The molecule has 0 fully saturated rings. The first-order chi connectivity index (χ1) is 17.3. The second-order valence-corrected chi connectivity index (χ2v) is 9.40. The Morgan fingerprint density at radius 2 is 1.44 bits per heavy atom. The quantitative estimate of drug-likeness (QED) is 0.264. The Hall–Kier alpha value is -3.76. The van der Waals surface area contributed by atoms with Crippen LogP contribution >= 0.6 is 0 Å². The van der Waals surface area contributed by atoms with Crippen molar-refractivity contribution in [2.45, 2.75) is 45.8 Å². The fourth-order valence-corrected chi connectivity index (χ4v) is 5.05. The van der Waals surface area contributed by atoms with Crippen molar-refractivity contribution in [3.8, 4) is 11.1 Å². The number of halogens is 1. The minimum Gasteiger partial charge on any atom is -0.481 e. The fraction of sp³-hybridized carbons (Fsp3) is 0.219. The topological polar surface area (TPSA) is 40.5 Å². The van der Waals surface area contributed by atoms with Gasteiger partial charge in [-0.1, -0.05) is 78.9 Å². The summed E-state index contributed by atoms with van der Waals surface area (Å²) in [6.45, 7) is 6.64. The zero-order valence-electron chi connectivity index (χ0n) is 21.0. The molecule has 0 radical (unpaired) electrons. The smallest absolute Gasteiger partial charge is 0.305 e. The maximum absolute atomic E-state index is 15.1. The Labute approximate surface area is 212 Å². The van der Waals surface area contributed by atoms with Crippen molar-refractivity contribution in [2.24, 2.45) is 0 Å². The Kier molecular flexibility index (Phi) is 7.97. The SMILES string of the molecule is Cc1cccc(C)c1-c1cc(F)cc(C(CC(=O)O)N(Cc2ccccc2)[C@H](C)c2ccccc2)c1. The highest BCUT2D eigenvalue weighted by molar-refractivity contribution is 5.72. The van der Waals surface area contributed by atoms with Crippen molar-refractivity contribution in [1.29, 1.82) is 0 Å². The molecule has 2 atom stereocenters. The molecule has 0 amide bonds. The Balaban J connectivity index is 1.85. The van der Waals surface area contributed by atoms with Gasteiger partial charge in [-0.25, -0.2) is 4.39 Å². The molecule has 0 aliphatic rings. The Morgan fingerprint density at radius 3 is 2.06 bits per heavy atom. The number of hydrogen-bond donors (Lipinski definition) is 1. The van der Waals surface area contributed by atoms with E-state index in [9.17, 15) is 9.90 Å². The molecule has 0 aromatic heterocycles. The predicted molar refractivity (Wildman–Crippen MR) is 143 cm³/mol. The lowest BCUT2D eigenvalue weighted by Crippen LogP contribution is -2.33. The molecule has 0 aliphatic heterocycles. The summed E-state index contributed by atoms with van der Waals surface area (Å²) in [6, 6.07) is 30.4. The molecule has 0 heterocycles. The van der Waals surface area contributed by atoms with Crippen LogP contribution in [0.3, 0.4) is 0 Å². The van der Waals surface area contributed by atoms with Gasteiger partial charge in [-0.2, -0.15) is 0 Å². The predicted octanol–water partition coefficient (Wildman–Crippen LogP) is 7.89. The lowest BCUT2D eigenvalue weighted by atomic mass is 9.91. The first kappa shape index (κ1) is 25.3. The molecule has 36 heavy (non-hydrogen) atoms. The second-order valence-electron chi connectivity index (χ2n) is 9.40. The first-order valence-corrected chi connectivity index (χ1v) is 12.3. The van der Waals surface area contributed by atoms with Gasteiger partial charge in [0.1, 0.15) is 5.82 Å². The summed E-state index contributed by atoms with van der Waals surface area (Å²) in [7, 11) is 0. The van der Waals surface area contributed by atoms with Crippen molar-refractivity contribution in [1.82, 2.24) is 4.90 Å². The molecule has 4 aromatic carbocycles. The minimum absolute atomic E-state index is 0.0947. The van der Waals surface area contributed by atoms with Crippen LogP contribution in [0.5, 0.6) is 0 Å². The number of hydrogen-bond acceptors (Lipinski definition) is 2. The van der Waals surface area contributed by atoms with Gasteiger partial charge in [-0.05, 0) is 77.9 Å². The standard InChI is InChI=1S/C32H32FNO2/c1-22-11-10-12-23(2)32(22)28-17-27(18-29(33)19-28)30(20-31(35)36)34(21-25-13-6-4-7-14-25)24(3)26-15-8-5-9-16-26/h4-19,24,30H,20-21H2,1-3H3,(H,35,36)/t24-,30?/m1/s1. The van der Waals surface area contributed by atoms with E-state index >= 15 is 4.39 Å². The van der Waals surface area contributed by atoms with Gasteiger partial charge in [0.25, 0.3) is 0 Å². The number of carboxylic acid groups (broad SMARTS) is 1. The van der Waals surface area contributed by atoms with E-state index in [-0.39, 0.29) is 18.3 Å². The third-order valence-electron chi connectivity index (χ3n) is 6.83.